The van der Waals surface area contributed by atoms with Crippen LogP contribution in [-0.4, -0.2) is 40.0 Å². The van der Waals surface area contributed by atoms with Gasteiger partial charge < -0.3 is 15.5 Å². The highest BCUT2D eigenvalue weighted by Crippen LogP contribution is 2.20. The summed E-state index contributed by atoms with van der Waals surface area (Å²) in [5.74, 6) is -0.191. The van der Waals surface area contributed by atoms with Crippen LogP contribution in [-0.2, 0) is 4.79 Å². The van der Waals surface area contributed by atoms with Gasteiger partial charge in [0.25, 0.3) is 0 Å². The van der Waals surface area contributed by atoms with Gasteiger partial charge in [0.2, 0.25) is 5.91 Å². The minimum Gasteiger partial charge on any atom is -0.390 e. The van der Waals surface area contributed by atoms with Crippen molar-refractivity contribution < 1.29 is 19.8 Å². The van der Waals surface area contributed by atoms with Gasteiger partial charge in [-0.1, -0.05) is 0 Å². The molecule has 0 aliphatic heterocycles. The summed E-state index contributed by atoms with van der Waals surface area (Å²) in [6, 6.07) is 0. The van der Waals surface area contributed by atoms with Gasteiger partial charge in [-0.25, -0.2) is 4.98 Å². The van der Waals surface area contributed by atoms with Crippen molar-refractivity contribution in [3.8, 4) is 0 Å². The molecule has 1 amide bonds. The Bertz CT molecular complexity index is 393. The molecule has 3 N–H and O–H groups in total. The van der Waals surface area contributed by atoms with Gasteiger partial charge in [-0.05, 0) is 6.42 Å². The zero-order valence-corrected chi connectivity index (χ0v) is 10.1. The highest BCUT2D eigenvalue weighted by atomic mass is 32.1. The highest BCUT2D eigenvalue weighted by molar-refractivity contribution is 7.11. The summed E-state index contributed by atoms with van der Waals surface area (Å²) in [6.45, 7) is 1.65. The summed E-state index contributed by atoms with van der Waals surface area (Å²) in [5.41, 5.74) is 0.271. The van der Waals surface area contributed by atoms with E-state index in [2.05, 4.69) is 10.3 Å². The van der Waals surface area contributed by atoms with Crippen LogP contribution >= 0.6 is 11.3 Å². The van der Waals surface area contributed by atoms with Gasteiger partial charge in [0.1, 0.15) is 6.10 Å². The maximum Gasteiger partial charge on any atom is 0.216 e. The summed E-state index contributed by atoms with van der Waals surface area (Å²) in [4.78, 5) is 24.9. The number of carbonyl (C=O) groups excluding carboxylic acids is 2. The number of carbonyl (C=O) groups is 2. The van der Waals surface area contributed by atoms with Crippen LogP contribution in [0.15, 0.2) is 5.38 Å². The molecule has 0 fully saturated rings. The molecule has 0 spiro atoms. The minimum absolute atomic E-state index is 0.191. The first kappa shape index (κ1) is 13.8. The third kappa shape index (κ3) is 4.22. The van der Waals surface area contributed by atoms with E-state index >= 15 is 0 Å². The van der Waals surface area contributed by atoms with Crippen LogP contribution in [0, 0.1) is 0 Å². The first-order chi connectivity index (χ1) is 8.04. The Balaban J connectivity index is 2.48. The predicted octanol–water partition coefficient (Wildman–Crippen LogP) is -0.124. The second kappa shape index (κ2) is 6.43. The molecule has 0 radical (unpaired) electrons. The van der Waals surface area contributed by atoms with E-state index in [4.69, 9.17) is 0 Å². The number of nitrogens with one attached hydrogen (secondary N) is 1. The number of hydrogen-bond acceptors (Lipinski definition) is 6. The molecular formula is C10H14N2O4S. The monoisotopic (exact) mass is 258 g/mol. The number of hydrogen-bond donors (Lipinski definition) is 3. The van der Waals surface area contributed by atoms with Gasteiger partial charge >= 0.3 is 0 Å². The van der Waals surface area contributed by atoms with Crippen molar-refractivity contribution in [1.82, 2.24) is 10.3 Å². The normalized spacial score (nSPS) is 14.1. The number of aliphatic hydroxyl groups excluding tert-OH is 2. The van der Waals surface area contributed by atoms with Crippen molar-refractivity contribution in [2.75, 3.05) is 6.54 Å². The van der Waals surface area contributed by atoms with E-state index in [1.54, 1.807) is 0 Å². The Hall–Kier alpha value is -1.31. The van der Waals surface area contributed by atoms with E-state index in [0.717, 1.165) is 11.3 Å². The van der Waals surface area contributed by atoms with E-state index in [1.165, 1.54) is 12.3 Å². The minimum atomic E-state index is -1.14. The van der Waals surface area contributed by atoms with Crippen molar-refractivity contribution in [3.63, 3.8) is 0 Å². The largest absolute Gasteiger partial charge is 0.390 e. The maximum absolute atomic E-state index is 10.6. The lowest BCUT2D eigenvalue weighted by atomic mass is 10.1. The number of rotatable bonds is 6. The smallest absolute Gasteiger partial charge is 0.216 e. The second-order valence-electron chi connectivity index (χ2n) is 3.51. The molecule has 1 heterocycles. The molecule has 0 aromatic carbocycles. The highest BCUT2D eigenvalue weighted by Gasteiger charge is 2.20. The van der Waals surface area contributed by atoms with Crippen LogP contribution in [0.2, 0.25) is 0 Å². The second-order valence-corrected chi connectivity index (χ2v) is 4.40. The molecule has 2 unspecified atom stereocenters. The van der Waals surface area contributed by atoms with E-state index in [9.17, 15) is 19.8 Å². The average Bonchev–Trinajstić information content (AvgIpc) is 2.75. The van der Waals surface area contributed by atoms with Crippen molar-refractivity contribution >= 4 is 23.5 Å². The molecule has 94 valence electrons. The molecule has 0 aliphatic carbocycles. The molecule has 0 bridgehead atoms. The molecule has 0 saturated heterocycles. The Morgan fingerprint density at radius 3 is 2.88 bits per heavy atom. The summed E-state index contributed by atoms with van der Waals surface area (Å²) in [5, 5.41) is 23.7. The lowest BCUT2D eigenvalue weighted by molar-refractivity contribution is -0.119. The van der Waals surface area contributed by atoms with E-state index in [1.807, 2.05) is 0 Å². The molecule has 2 atom stereocenters. The van der Waals surface area contributed by atoms with E-state index in [0.29, 0.717) is 6.29 Å². The number of nitrogens with zero attached hydrogens (tertiary/aromatic N) is 1. The summed E-state index contributed by atoms with van der Waals surface area (Å²) < 4.78 is 0. The Morgan fingerprint density at radius 1 is 1.65 bits per heavy atom. The zero-order valence-electron chi connectivity index (χ0n) is 9.29. The van der Waals surface area contributed by atoms with Crippen LogP contribution in [0.5, 0.6) is 0 Å². The molecule has 1 aromatic rings. The topological polar surface area (TPSA) is 99.5 Å². The SMILES string of the molecule is CC(=O)NCCC(O)C(O)c1csc(C=O)n1. The van der Waals surface area contributed by atoms with Crippen molar-refractivity contribution in [2.24, 2.45) is 0 Å². The fraction of sp³-hybridized carbons (Fsp3) is 0.500. The van der Waals surface area contributed by atoms with Gasteiger partial charge in [-0.2, -0.15) is 0 Å². The number of amides is 1. The van der Waals surface area contributed by atoms with Crippen molar-refractivity contribution in [3.05, 3.63) is 16.1 Å². The van der Waals surface area contributed by atoms with Gasteiger partial charge in [0.05, 0.1) is 11.8 Å². The zero-order chi connectivity index (χ0) is 12.8. The summed E-state index contributed by atoms with van der Waals surface area (Å²) in [7, 11) is 0. The van der Waals surface area contributed by atoms with E-state index < -0.39 is 12.2 Å². The quantitative estimate of drug-likeness (QED) is 0.618. The van der Waals surface area contributed by atoms with Crippen LogP contribution < -0.4 is 5.32 Å². The van der Waals surface area contributed by atoms with Gasteiger partial charge in [-0.3, -0.25) is 9.59 Å². The Labute approximate surface area is 102 Å². The molecule has 1 rings (SSSR count). The van der Waals surface area contributed by atoms with Gasteiger partial charge in [0, 0.05) is 18.8 Å². The molecular weight excluding hydrogens is 244 g/mol. The predicted molar refractivity (Wildman–Crippen MR) is 61.8 cm³/mol. The average molecular weight is 258 g/mol. The Kier molecular flexibility index (Phi) is 5.20. The van der Waals surface area contributed by atoms with Crippen molar-refractivity contribution in [2.45, 2.75) is 25.6 Å². The van der Waals surface area contributed by atoms with Crippen LogP contribution in [0.1, 0.15) is 34.9 Å². The first-order valence-corrected chi connectivity index (χ1v) is 5.93. The van der Waals surface area contributed by atoms with Gasteiger partial charge in [0.15, 0.2) is 11.3 Å². The number of thiazole rings is 1. The van der Waals surface area contributed by atoms with Gasteiger partial charge in [-0.15, -0.1) is 11.3 Å². The molecule has 0 aliphatic rings. The number of aliphatic hydroxyl groups is 2. The standard InChI is InChI=1S/C10H14N2O4S/c1-6(14)11-3-2-8(15)10(16)7-5-17-9(4-13)12-7/h4-5,8,10,15-16H,2-3H2,1H3,(H,11,14). The third-order valence-electron chi connectivity index (χ3n) is 2.12. The van der Waals surface area contributed by atoms with Crippen LogP contribution in [0.4, 0.5) is 0 Å². The fourth-order valence-corrected chi connectivity index (χ4v) is 1.89. The molecule has 6 nitrogen and oxygen atoms in total. The number of aldehydes is 1. The van der Waals surface area contributed by atoms with Crippen LogP contribution in [0.3, 0.4) is 0 Å². The van der Waals surface area contributed by atoms with Crippen molar-refractivity contribution in [1.29, 1.82) is 0 Å². The fourth-order valence-electron chi connectivity index (χ4n) is 1.24. The molecule has 17 heavy (non-hydrogen) atoms. The maximum atomic E-state index is 10.6. The lowest BCUT2D eigenvalue weighted by Crippen LogP contribution is -2.27. The first-order valence-electron chi connectivity index (χ1n) is 5.05. The molecule has 0 saturated carbocycles. The molecule has 7 heteroatoms. The summed E-state index contributed by atoms with van der Waals surface area (Å²) in [6.07, 6.45) is -1.36. The van der Waals surface area contributed by atoms with E-state index in [-0.39, 0.29) is 29.6 Å². The molecule has 1 aromatic heterocycles. The third-order valence-corrected chi connectivity index (χ3v) is 2.91. The Morgan fingerprint density at radius 2 is 2.35 bits per heavy atom. The van der Waals surface area contributed by atoms with Crippen LogP contribution in [0.25, 0.3) is 0 Å². The lowest BCUT2D eigenvalue weighted by Gasteiger charge is -2.15. The summed E-state index contributed by atoms with van der Waals surface area (Å²) >= 11 is 1.10. The number of aromatic nitrogens is 1.